The maximum Gasteiger partial charge on any atom is 0.418 e. The van der Waals surface area contributed by atoms with E-state index in [9.17, 15) is 28.8 Å². The van der Waals surface area contributed by atoms with Gasteiger partial charge in [-0.3, -0.25) is 0 Å². The summed E-state index contributed by atoms with van der Waals surface area (Å²) in [5.41, 5.74) is 0.977. The van der Waals surface area contributed by atoms with Gasteiger partial charge in [0, 0.05) is 19.2 Å². The van der Waals surface area contributed by atoms with Crippen LogP contribution < -0.4 is 21.1 Å². The van der Waals surface area contributed by atoms with Gasteiger partial charge in [0.05, 0.1) is 5.56 Å². The number of hydrogen-bond donors (Lipinski definition) is 5. The molecular weight excluding hydrogens is 309 g/mol. The number of hydrogen-bond acceptors (Lipinski definition) is 6. The molecule has 1 aromatic rings. The van der Waals surface area contributed by atoms with E-state index in [-0.39, 0.29) is 18.8 Å². The predicted molar refractivity (Wildman–Crippen MR) is 71.0 cm³/mol. The first-order valence-electron chi connectivity index (χ1n) is 6.31. The molecule has 0 fully saturated rings. The van der Waals surface area contributed by atoms with Gasteiger partial charge in [-0.05, 0) is 13.8 Å². The maximum absolute atomic E-state index is 13.0. The summed E-state index contributed by atoms with van der Waals surface area (Å²) >= 11 is 0. The summed E-state index contributed by atoms with van der Waals surface area (Å²) in [4.78, 5) is 1.34. The lowest BCUT2D eigenvalue weighted by Crippen LogP contribution is -3.01. The number of nitrogens with one attached hydrogen (secondary N) is 2. The van der Waals surface area contributed by atoms with Crippen LogP contribution in [0.1, 0.15) is 19.4 Å². The average Bonchev–Trinajstić information content (AvgIpc) is 2.37. The van der Waals surface area contributed by atoms with Crippen molar-refractivity contribution in [2.75, 3.05) is 23.7 Å². The van der Waals surface area contributed by atoms with E-state index in [1.165, 1.54) is 4.90 Å². The summed E-state index contributed by atoms with van der Waals surface area (Å²) in [6, 6.07) is 0.373. The molecule has 0 bridgehead atoms. The van der Waals surface area contributed by atoms with Crippen LogP contribution in [0.2, 0.25) is 0 Å². The van der Waals surface area contributed by atoms with Gasteiger partial charge in [-0.2, -0.15) is 23.6 Å². The van der Waals surface area contributed by atoms with E-state index in [0.29, 0.717) is 6.07 Å². The third kappa shape index (κ3) is 3.40. The minimum atomic E-state index is -4.96. The van der Waals surface area contributed by atoms with Crippen molar-refractivity contribution in [3.8, 4) is 0 Å². The van der Waals surface area contributed by atoms with E-state index in [4.69, 9.17) is 10.9 Å². The van der Waals surface area contributed by atoms with Crippen LogP contribution in [-0.4, -0.2) is 23.5 Å². The molecule has 1 rings (SSSR count). The fraction of sp³-hybridized carbons (Fsp3) is 0.455. The Kier molecular flexibility index (Phi) is 5.56. The highest BCUT2D eigenvalue weighted by molar-refractivity contribution is 5.85. The Labute approximate surface area is 123 Å². The predicted octanol–water partition coefficient (Wildman–Crippen LogP) is -0.0594. The molecule has 11 heteroatoms. The minimum absolute atomic E-state index is 0.210. The van der Waals surface area contributed by atoms with Crippen LogP contribution >= 0.6 is 0 Å². The van der Waals surface area contributed by atoms with Crippen molar-refractivity contribution in [3.63, 3.8) is 0 Å². The van der Waals surface area contributed by atoms with Gasteiger partial charge in [-0.15, -0.1) is 0 Å². The van der Waals surface area contributed by atoms with Crippen LogP contribution in [0.3, 0.4) is 0 Å². The summed E-state index contributed by atoms with van der Waals surface area (Å²) in [6.45, 7) is 3.66. The second-order valence-electron chi connectivity index (χ2n) is 4.39. The lowest BCUT2D eigenvalue weighted by molar-refractivity contribution is -0.995. The Balaban J connectivity index is 3.84. The van der Waals surface area contributed by atoms with Gasteiger partial charge < -0.3 is 21.0 Å². The first-order chi connectivity index (χ1) is 10.1. The average molecular weight is 326 g/mol. The molecule has 0 aromatic heterocycles. The molecule has 22 heavy (non-hydrogen) atoms. The van der Waals surface area contributed by atoms with Crippen molar-refractivity contribution in [1.29, 1.82) is 0 Å². The maximum atomic E-state index is 13.0. The van der Waals surface area contributed by atoms with E-state index in [1.807, 2.05) is 0 Å². The van der Waals surface area contributed by atoms with E-state index >= 15 is 0 Å². The van der Waals surface area contributed by atoms with Crippen molar-refractivity contribution in [2.45, 2.75) is 20.0 Å². The lowest BCUT2D eigenvalue weighted by Gasteiger charge is -2.30. The van der Waals surface area contributed by atoms with Gasteiger partial charge in [0.1, 0.15) is 5.69 Å². The molecular formula is C11H17F3N4O4. The van der Waals surface area contributed by atoms with Crippen molar-refractivity contribution in [3.05, 3.63) is 22.0 Å². The quantitative estimate of drug-likeness (QED) is 0.381. The summed E-state index contributed by atoms with van der Waals surface area (Å²) in [5.74, 6) is 0. The van der Waals surface area contributed by atoms with Gasteiger partial charge in [-0.1, -0.05) is 0 Å². The number of rotatable bonds is 5. The van der Waals surface area contributed by atoms with Crippen molar-refractivity contribution in [1.82, 2.24) is 0 Å². The first-order valence-corrected chi connectivity index (χ1v) is 6.31. The number of nitrogens with two attached hydrogens (primary N) is 1. The Hall–Kier alpha value is -1.63. The molecule has 2 atom stereocenters. The zero-order chi connectivity index (χ0) is 17.2. The summed E-state index contributed by atoms with van der Waals surface area (Å²) in [5, 5.41) is 37.7. The van der Waals surface area contributed by atoms with Crippen LogP contribution in [0.15, 0.2) is 6.07 Å². The Morgan fingerprint density at radius 2 is 1.68 bits per heavy atom. The summed E-state index contributed by atoms with van der Waals surface area (Å²) in [6.07, 6.45) is -4.96. The monoisotopic (exact) mass is 326 g/mol. The lowest BCUT2D eigenvalue weighted by atomic mass is 10.1. The molecule has 0 radical (unpaired) electrons. The molecule has 0 aliphatic rings. The topological polar surface area (TPSA) is 125 Å². The molecule has 0 spiro atoms. The fourth-order valence-corrected chi connectivity index (χ4v) is 2.17. The molecule has 0 amide bonds. The second kappa shape index (κ2) is 6.64. The van der Waals surface area contributed by atoms with E-state index in [2.05, 4.69) is 0 Å². The first kappa shape index (κ1) is 18.4. The second-order valence-corrected chi connectivity index (χ2v) is 4.39. The molecule has 126 valence electrons. The Morgan fingerprint density at radius 3 is 2.00 bits per heavy atom. The molecule has 8 nitrogen and oxygen atoms in total. The SMILES string of the molecule is CCN(CC)c1c([NH+]([O-])O)cc(C(F)(F)F)c(N)c1[NH+]([O-])O. The van der Waals surface area contributed by atoms with Gasteiger partial charge in [0.25, 0.3) is 0 Å². The molecule has 2 unspecified atom stereocenters. The van der Waals surface area contributed by atoms with Gasteiger partial charge in [0.15, 0.2) is 11.4 Å². The third-order valence-corrected chi connectivity index (χ3v) is 3.17. The normalized spacial score (nSPS) is 14.8. The van der Waals surface area contributed by atoms with Crippen LogP contribution in [-0.2, 0) is 6.18 Å². The number of halogens is 3. The van der Waals surface area contributed by atoms with E-state index in [1.54, 1.807) is 13.8 Å². The van der Waals surface area contributed by atoms with Crippen LogP contribution in [0.25, 0.3) is 0 Å². The van der Waals surface area contributed by atoms with E-state index in [0.717, 1.165) is 0 Å². The van der Waals surface area contributed by atoms with Crippen molar-refractivity contribution < 1.29 is 34.0 Å². The summed E-state index contributed by atoms with van der Waals surface area (Å²) < 4.78 is 38.9. The number of anilines is 2. The minimum Gasteiger partial charge on any atom is -0.595 e. The molecule has 6 N–H and O–H groups in total. The number of benzene rings is 1. The van der Waals surface area contributed by atoms with Gasteiger partial charge >= 0.3 is 6.18 Å². The number of quaternary nitrogens is 2. The number of nitrogen functional groups attached to an aromatic ring is 1. The van der Waals surface area contributed by atoms with Crippen LogP contribution in [0.4, 0.5) is 35.9 Å². The molecule has 0 aliphatic heterocycles. The van der Waals surface area contributed by atoms with Crippen LogP contribution in [0.5, 0.6) is 0 Å². The van der Waals surface area contributed by atoms with Gasteiger partial charge in [-0.25, -0.2) is 10.4 Å². The highest BCUT2D eigenvalue weighted by Crippen LogP contribution is 2.43. The third-order valence-electron chi connectivity index (χ3n) is 3.17. The molecule has 1 aromatic carbocycles. The fourth-order valence-electron chi connectivity index (χ4n) is 2.17. The standard InChI is InChI=1S/C11H17F3N4O4/c1-3-16(4-2)9-7(17(19)20)5-6(11(12,13)14)8(15)10(9)18(21)22/h5,17-19,21H,3-4,15H2,1-2H3. The zero-order valence-electron chi connectivity index (χ0n) is 11.9. The highest BCUT2D eigenvalue weighted by Gasteiger charge is 2.40. The highest BCUT2D eigenvalue weighted by atomic mass is 19.4. The molecule has 0 saturated carbocycles. The van der Waals surface area contributed by atoms with Crippen molar-refractivity contribution >= 4 is 22.7 Å². The van der Waals surface area contributed by atoms with E-state index < -0.39 is 39.3 Å². The zero-order valence-corrected chi connectivity index (χ0v) is 11.9. The Bertz CT molecular complexity index is 533. The number of alkyl halides is 3. The number of nitrogens with zero attached hydrogens (tertiary/aromatic N) is 1. The van der Waals surface area contributed by atoms with Crippen LogP contribution in [0, 0.1) is 10.4 Å². The largest absolute Gasteiger partial charge is 0.595 e. The molecule has 0 heterocycles. The van der Waals surface area contributed by atoms with Crippen molar-refractivity contribution in [2.24, 2.45) is 0 Å². The smallest absolute Gasteiger partial charge is 0.418 e. The molecule has 0 aliphatic carbocycles. The molecule has 0 saturated heterocycles. The van der Waals surface area contributed by atoms with Gasteiger partial charge in [0.2, 0.25) is 5.69 Å². The summed E-state index contributed by atoms with van der Waals surface area (Å²) in [7, 11) is 0. The Morgan fingerprint density at radius 1 is 1.18 bits per heavy atom.